The molecule has 0 spiro atoms. The Labute approximate surface area is 210 Å². The van der Waals surface area contributed by atoms with Crippen LogP contribution in [0.3, 0.4) is 0 Å². The summed E-state index contributed by atoms with van der Waals surface area (Å²) >= 11 is 6.67. The molecular formula is C25H33N5O2S2. The SMILES string of the molecule is Cc1ccc2nc(NC3CC(C)(C)NC(C)(C)C3)c(C=C3SC(=S)N(C(C)C)C3=O)c(=O)n2c1. The molecule has 0 aromatic carbocycles. The summed E-state index contributed by atoms with van der Waals surface area (Å²) in [6.45, 7) is 14.5. The third-order valence-electron chi connectivity index (χ3n) is 6.15. The Kier molecular flexibility index (Phi) is 6.42. The largest absolute Gasteiger partial charge is 0.366 e. The van der Waals surface area contributed by atoms with Crippen molar-refractivity contribution in [2.24, 2.45) is 0 Å². The molecule has 9 heteroatoms. The van der Waals surface area contributed by atoms with E-state index in [1.54, 1.807) is 21.6 Å². The van der Waals surface area contributed by atoms with Crippen LogP contribution in [0.2, 0.25) is 0 Å². The van der Waals surface area contributed by atoms with Gasteiger partial charge < -0.3 is 10.6 Å². The van der Waals surface area contributed by atoms with Crippen LogP contribution < -0.4 is 16.2 Å². The quantitative estimate of drug-likeness (QED) is 0.479. The Morgan fingerprint density at radius 2 is 1.85 bits per heavy atom. The van der Waals surface area contributed by atoms with Gasteiger partial charge in [-0.3, -0.25) is 18.9 Å². The van der Waals surface area contributed by atoms with Crippen LogP contribution in [-0.4, -0.2) is 47.7 Å². The molecule has 2 N–H and O–H groups in total. The molecule has 2 saturated heterocycles. The zero-order valence-electron chi connectivity index (χ0n) is 20.9. The average Bonchev–Trinajstić information content (AvgIpc) is 2.96. The van der Waals surface area contributed by atoms with Gasteiger partial charge in [-0.05, 0) is 79.0 Å². The number of piperidine rings is 1. The van der Waals surface area contributed by atoms with E-state index in [0.717, 1.165) is 18.4 Å². The number of hydrogen-bond acceptors (Lipinski definition) is 7. The zero-order chi connectivity index (χ0) is 25.0. The van der Waals surface area contributed by atoms with Crippen LogP contribution in [0.4, 0.5) is 5.82 Å². The summed E-state index contributed by atoms with van der Waals surface area (Å²) in [5, 5.41) is 7.25. The summed E-state index contributed by atoms with van der Waals surface area (Å²) in [5.74, 6) is 0.330. The first-order valence-corrected chi connectivity index (χ1v) is 12.8. The highest BCUT2D eigenvalue weighted by molar-refractivity contribution is 8.26. The normalized spacial score (nSPS) is 21.8. The predicted molar refractivity (Wildman–Crippen MR) is 144 cm³/mol. The number of aromatic nitrogens is 2. The van der Waals surface area contributed by atoms with Crippen molar-refractivity contribution in [2.75, 3.05) is 5.32 Å². The zero-order valence-corrected chi connectivity index (χ0v) is 22.5. The lowest BCUT2D eigenvalue weighted by Gasteiger charge is -2.46. The highest BCUT2D eigenvalue weighted by atomic mass is 32.2. The van der Waals surface area contributed by atoms with Crippen molar-refractivity contribution < 1.29 is 4.79 Å². The van der Waals surface area contributed by atoms with Crippen molar-refractivity contribution in [3.63, 3.8) is 0 Å². The van der Waals surface area contributed by atoms with Crippen LogP contribution in [0.25, 0.3) is 11.7 Å². The van der Waals surface area contributed by atoms with E-state index >= 15 is 0 Å². The standard InChI is InChI=1S/C25H33N5O2S2/c1-14(2)30-22(32)18(34-23(30)33)10-17-20(26-16-11-24(4,5)28-25(6,7)12-16)27-19-9-8-15(3)13-29(19)21(17)31/h8-10,13-14,16,26,28H,11-12H2,1-7H3. The van der Waals surface area contributed by atoms with Gasteiger partial charge in [-0.2, -0.15) is 0 Å². The van der Waals surface area contributed by atoms with Crippen molar-refractivity contribution in [1.82, 2.24) is 19.6 Å². The van der Waals surface area contributed by atoms with Gasteiger partial charge in [-0.1, -0.05) is 30.0 Å². The van der Waals surface area contributed by atoms with Crippen LogP contribution in [0.15, 0.2) is 28.0 Å². The second-order valence-electron chi connectivity index (χ2n) is 10.9. The monoisotopic (exact) mass is 499 g/mol. The van der Waals surface area contributed by atoms with Gasteiger partial charge in [-0.25, -0.2) is 4.98 Å². The number of aryl methyl sites for hydroxylation is 1. The number of nitrogens with zero attached hydrogens (tertiary/aromatic N) is 3. The number of thioether (sulfide) groups is 1. The molecule has 2 aromatic rings. The molecule has 2 aromatic heterocycles. The van der Waals surface area contributed by atoms with Crippen molar-refractivity contribution in [2.45, 2.75) is 84.5 Å². The molecule has 0 bridgehead atoms. The second-order valence-corrected chi connectivity index (χ2v) is 12.6. The minimum atomic E-state index is -0.210. The molecule has 0 atom stereocenters. The van der Waals surface area contributed by atoms with Crippen LogP contribution in [0, 0.1) is 6.92 Å². The molecule has 2 aliphatic heterocycles. The fourth-order valence-electron chi connectivity index (χ4n) is 5.17. The summed E-state index contributed by atoms with van der Waals surface area (Å²) < 4.78 is 2.05. The molecule has 7 nitrogen and oxygen atoms in total. The van der Waals surface area contributed by atoms with E-state index in [1.807, 2.05) is 32.9 Å². The second kappa shape index (κ2) is 8.77. The van der Waals surface area contributed by atoms with Gasteiger partial charge >= 0.3 is 0 Å². The van der Waals surface area contributed by atoms with Crippen molar-refractivity contribution in [1.29, 1.82) is 0 Å². The number of thiocarbonyl (C=S) groups is 1. The van der Waals surface area contributed by atoms with Crippen molar-refractivity contribution in [3.8, 4) is 0 Å². The molecule has 0 unspecified atom stereocenters. The minimum Gasteiger partial charge on any atom is -0.366 e. The van der Waals surface area contributed by atoms with Gasteiger partial charge in [0.1, 0.15) is 15.8 Å². The molecule has 2 fully saturated rings. The summed E-state index contributed by atoms with van der Waals surface area (Å²) in [5.41, 5.74) is 1.55. The first-order valence-electron chi connectivity index (χ1n) is 11.6. The van der Waals surface area contributed by atoms with Crippen LogP contribution in [0.1, 0.15) is 65.5 Å². The third-order valence-corrected chi connectivity index (χ3v) is 7.48. The number of rotatable bonds is 4. The highest BCUT2D eigenvalue weighted by Crippen LogP contribution is 2.35. The summed E-state index contributed by atoms with van der Waals surface area (Å²) in [6.07, 6.45) is 5.19. The molecule has 0 radical (unpaired) electrons. The average molecular weight is 500 g/mol. The van der Waals surface area contributed by atoms with Gasteiger partial charge in [0.25, 0.3) is 11.5 Å². The summed E-state index contributed by atoms with van der Waals surface area (Å²) in [7, 11) is 0. The minimum absolute atomic E-state index is 0.0475. The van der Waals surface area contributed by atoms with Gasteiger partial charge in [0, 0.05) is 29.4 Å². The number of amides is 1. The molecule has 1 amide bonds. The molecule has 34 heavy (non-hydrogen) atoms. The van der Waals surface area contributed by atoms with Crippen LogP contribution in [-0.2, 0) is 4.79 Å². The lowest BCUT2D eigenvalue weighted by molar-refractivity contribution is -0.123. The van der Waals surface area contributed by atoms with Crippen molar-refractivity contribution in [3.05, 3.63) is 44.7 Å². The predicted octanol–water partition coefficient (Wildman–Crippen LogP) is 4.33. The van der Waals surface area contributed by atoms with E-state index in [-0.39, 0.29) is 34.6 Å². The number of fused-ring (bicyclic) bond motifs is 1. The van der Waals surface area contributed by atoms with E-state index in [1.165, 1.54) is 11.8 Å². The number of anilines is 1. The Morgan fingerprint density at radius 1 is 1.21 bits per heavy atom. The van der Waals surface area contributed by atoms with Gasteiger partial charge in [0.05, 0.1) is 10.5 Å². The van der Waals surface area contributed by atoms with E-state index in [0.29, 0.717) is 26.3 Å². The number of nitrogens with one attached hydrogen (secondary N) is 2. The Balaban J connectivity index is 1.83. The maximum absolute atomic E-state index is 13.6. The Bertz CT molecular complexity index is 1250. The maximum atomic E-state index is 13.6. The molecule has 182 valence electrons. The molecular weight excluding hydrogens is 466 g/mol. The molecule has 2 aliphatic rings. The van der Waals surface area contributed by atoms with Gasteiger partial charge in [0.2, 0.25) is 0 Å². The highest BCUT2D eigenvalue weighted by Gasteiger charge is 2.38. The lowest BCUT2D eigenvalue weighted by Crippen LogP contribution is -2.60. The summed E-state index contributed by atoms with van der Waals surface area (Å²) in [6, 6.07) is 3.85. The molecule has 0 saturated carbocycles. The Hall–Kier alpha value is -2.23. The topological polar surface area (TPSA) is 78.7 Å². The Morgan fingerprint density at radius 3 is 2.44 bits per heavy atom. The fourth-order valence-corrected chi connectivity index (χ4v) is 6.68. The van der Waals surface area contributed by atoms with E-state index < -0.39 is 0 Å². The number of hydrogen-bond donors (Lipinski definition) is 2. The van der Waals surface area contributed by atoms with E-state index in [2.05, 4.69) is 38.3 Å². The third kappa shape index (κ3) is 4.92. The lowest BCUT2D eigenvalue weighted by atomic mass is 9.79. The number of carbonyl (C=O) groups is 1. The molecule has 0 aliphatic carbocycles. The van der Waals surface area contributed by atoms with Crippen molar-refractivity contribution >= 4 is 51.7 Å². The van der Waals surface area contributed by atoms with Gasteiger partial charge in [0.15, 0.2) is 0 Å². The molecule has 4 heterocycles. The molecule has 4 rings (SSSR count). The maximum Gasteiger partial charge on any atom is 0.267 e. The van der Waals surface area contributed by atoms with E-state index in [4.69, 9.17) is 17.2 Å². The first-order chi connectivity index (χ1) is 15.8. The number of carbonyl (C=O) groups excluding carboxylic acids is 1. The smallest absolute Gasteiger partial charge is 0.267 e. The van der Waals surface area contributed by atoms with Gasteiger partial charge in [-0.15, -0.1) is 0 Å². The van der Waals surface area contributed by atoms with Crippen LogP contribution >= 0.6 is 24.0 Å². The first kappa shape index (κ1) is 24.9. The summed E-state index contributed by atoms with van der Waals surface area (Å²) in [4.78, 5) is 33.6. The number of pyridine rings is 1. The van der Waals surface area contributed by atoms with E-state index in [9.17, 15) is 9.59 Å². The van der Waals surface area contributed by atoms with Crippen LogP contribution in [0.5, 0.6) is 0 Å². The fraction of sp³-hybridized carbons (Fsp3) is 0.520.